The van der Waals surface area contributed by atoms with Gasteiger partial charge in [-0.05, 0) is 23.3 Å². The highest BCUT2D eigenvalue weighted by atomic mass is 33.1. The number of rotatable bonds is 7. The summed E-state index contributed by atoms with van der Waals surface area (Å²) in [6.07, 6.45) is 6.32. The van der Waals surface area contributed by atoms with Crippen molar-refractivity contribution in [3.05, 3.63) is 24.8 Å². The van der Waals surface area contributed by atoms with Crippen molar-refractivity contribution in [3.8, 4) is 0 Å². The van der Waals surface area contributed by atoms with E-state index in [1.165, 1.54) is 0 Å². The lowest BCUT2D eigenvalue weighted by Gasteiger charge is -1.98. The minimum Gasteiger partial charge on any atom is -0.481 e. The highest BCUT2D eigenvalue weighted by molar-refractivity contribution is 8.82. The molecule has 0 aliphatic heterocycles. The summed E-state index contributed by atoms with van der Waals surface area (Å²) in [6.45, 7) is 3.57. The van der Waals surface area contributed by atoms with Crippen LogP contribution in [0.5, 0.6) is 0 Å². The van der Waals surface area contributed by atoms with E-state index < -0.39 is 5.97 Å². The van der Waals surface area contributed by atoms with Gasteiger partial charge in [0.2, 0.25) is 0 Å². The van der Waals surface area contributed by atoms with Crippen LogP contribution in [0.3, 0.4) is 0 Å². The zero-order valence-corrected chi connectivity index (χ0v) is 10.3. The summed E-state index contributed by atoms with van der Waals surface area (Å²) in [4.78, 5) is 14.3. The molecule has 0 aliphatic rings. The maximum atomic E-state index is 10.2. The predicted molar refractivity (Wildman–Crippen MR) is 69.6 cm³/mol. The topological polar surface area (TPSA) is 49.7 Å². The minimum atomic E-state index is -0.739. The second-order valence-electron chi connectivity index (χ2n) is 2.56. The summed E-state index contributed by atoms with van der Waals surface area (Å²) in [5.41, 5.74) is 0. The van der Waals surface area contributed by atoms with E-state index in [-0.39, 0.29) is 6.42 Å². The molecule has 84 valence electrons. The fourth-order valence-electron chi connectivity index (χ4n) is 0.674. The smallest absolute Gasteiger partial charge is 0.303 e. The van der Waals surface area contributed by atoms with E-state index in [9.17, 15) is 4.79 Å². The first-order valence-electron chi connectivity index (χ1n) is 4.48. The number of hydrogen-bond donors (Lipinski definition) is 1. The molecule has 0 radical (unpaired) electrons. The van der Waals surface area contributed by atoms with Crippen LogP contribution >= 0.6 is 21.6 Å². The van der Waals surface area contributed by atoms with Crippen LogP contribution in [0.2, 0.25) is 0 Å². The molecule has 5 heteroatoms. The van der Waals surface area contributed by atoms with Gasteiger partial charge in [-0.1, -0.05) is 29.5 Å². The zero-order chi connectivity index (χ0) is 11.5. The summed E-state index contributed by atoms with van der Waals surface area (Å²) in [6, 6.07) is 0. The molecule has 0 bridgehead atoms. The van der Waals surface area contributed by atoms with Gasteiger partial charge in [-0.3, -0.25) is 9.79 Å². The Hall–Kier alpha value is -0.680. The van der Waals surface area contributed by atoms with Crippen molar-refractivity contribution in [2.45, 2.75) is 12.8 Å². The summed E-state index contributed by atoms with van der Waals surface area (Å²) in [7, 11) is 4.90. The predicted octanol–water partition coefficient (Wildman–Crippen LogP) is 3.00. The Kier molecular flexibility index (Phi) is 9.41. The van der Waals surface area contributed by atoms with E-state index in [4.69, 9.17) is 5.11 Å². The number of carboxylic acid groups (broad SMARTS) is 1. The molecule has 0 spiro atoms. The van der Waals surface area contributed by atoms with Crippen LogP contribution < -0.4 is 0 Å². The zero-order valence-electron chi connectivity index (χ0n) is 8.68. The molecule has 0 saturated heterocycles. The van der Waals surface area contributed by atoms with Gasteiger partial charge < -0.3 is 5.11 Å². The number of hydrogen-bond acceptors (Lipinski definition) is 4. The molecule has 0 aromatic carbocycles. The van der Waals surface area contributed by atoms with E-state index in [1.54, 1.807) is 34.7 Å². The largest absolute Gasteiger partial charge is 0.481 e. The Labute approximate surface area is 98.1 Å². The normalized spacial score (nSPS) is 11.9. The molecule has 0 unspecified atom stereocenters. The molecule has 1 N–H and O–H groups in total. The van der Waals surface area contributed by atoms with E-state index >= 15 is 0 Å². The lowest BCUT2D eigenvalue weighted by molar-refractivity contribution is -0.137. The van der Waals surface area contributed by atoms with Crippen LogP contribution in [-0.2, 0) is 4.79 Å². The van der Waals surface area contributed by atoms with E-state index in [0.717, 1.165) is 10.8 Å². The van der Waals surface area contributed by atoms with Crippen molar-refractivity contribution < 1.29 is 9.90 Å². The Balaban J connectivity index is 3.60. The Morgan fingerprint density at radius 2 is 2.33 bits per heavy atom. The van der Waals surface area contributed by atoms with Crippen molar-refractivity contribution in [2.75, 3.05) is 12.8 Å². The fraction of sp³-hybridized carbons (Fsp3) is 0.400. The van der Waals surface area contributed by atoms with Gasteiger partial charge in [0.15, 0.2) is 0 Å². The van der Waals surface area contributed by atoms with E-state index in [1.807, 2.05) is 12.2 Å². The summed E-state index contributed by atoms with van der Waals surface area (Å²) >= 11 is 0. The van der Waals surface area contributed by atoms with Crippen LogP contribution in [0.4, 0.5) is 0 Å². The summed E-state index contributed by atoms with van der Waals surface area (Å²) in [5, 5.41) is 9.33. The van der Waals surface area contributed by atoms with Crippen molar-refractivity contribution in [2.24, 2.45) is 4.99 Å². The Morgan fingerprint density at radius 3 is 2.87 bits per heavy atom. The fourth-order valence-corrected chi connectivity index (χ4v) is 2.71. The number of nitrogens with zero attached hydrogens (tertiary/aromatic N) is 1. The molecule has 0 aromatic heterocycles. The lowest BCUT2D eigenvalue weighted by atomic mass is 10.3. The average Bonchev–Trinajstić information content (AvgIpc) is 2.21. The number of aliphatic carboxylic acids is 1. The van der Waals surface area contributed by atoms with Gasteiger partial charge in [0.05, 0.1) is 0 Å². The third kappa shape index (κ3) is 9.62. The van der Waals surface area contributed by atoms with Crippen molar-refractivity contribution >= 4 is 32.6 Å². The molecule has 0 rings (SSSR count). The SMILES string of the molecule is C=C/C=C\C(=NC)SSCCCC(=O)O. The molecule has 0 fully saturated rings. The molecule has 0 heterocycles. The second kappa shape index (κ2) is 9.86. The van der Waals surface area contributed by atoms with Gasteiger partial charge in [-0.15, -0.1) is 0 Å². The van der Waals surface area contributed by atoms with Crippen LogP contribution in [0.1, 0.15) is 12.8 Å². The molecule has 0 saturated carbocycles. The number of aliphatic imine (C=N–C) groups is 1. The summed E-state index contributed by atoms with van der Waals surface area (Å²) in [5.74, 6) is 0.0781. The molecule has 0 aromatic rings. The molecule has 0 atom stereocenters. The average molecular weight is 245 g/mol. The highest BCUT2D eigenvalue weighted by Crippen LogP contribution is 2.24. The lowest BCUT2D eigenvalue weighted by Crippen LogP contribution is -1.94. The molecule has 0 aliphatic carbocycles. The van der Waals surface area contributed by atoms with Gasteiger partial charge in [0.1, 0.15) is 5.04 Å². The monoisotopic (exact) mass is 245 g/mol. The van der Waals surface area contributed by atoms with E-state index in [2.05, 4.69) is 11.6 Å². The number of allylic oxidation sites excluding steroid dienone is 2. The van der Waals surface area contributed by atoms with E-state index in [0.29, 0.717) is 6.42 Å². The van der Waals surface area contributed by atoms with Crippen molar-refractivity contribution in [1.82, 2.24) is 0 Å². The van der Waals surface area contributed by atoms with Crippen LogP contribution in [0.25, 0.3) is 0 Å². The quantitative estimate of drug-likeness (QED) is 0.246. The highest BCUT2D eigenvalue weighted by Gasteiger charge is 1.98. The van der Waals surface area contributed by atoms with Crippen LogP contribution in [0, 0.1) is 0 Å². The third-order valence-corrected chi connectivity index (χ3v) is 3.79. The minimum absolute atomic E-state index is 0.231. The van der Waals surface area contributed by atoms with Gasteiger partial charge in [0.25, 0.3) is 0 Å². The maximum Gasteiger partial charge on any atom is 0.303 e. The van der Waals surface area contributed by atoms with Gasteiger partial charge in [-0.2, -0.15) is 0 Å². The maximum absolute atomic E-state index is 10.2. The standard InChI is InChI=1S/C10H15NO2S2/c1-3-4-6-9(11-2)15-14-8-5-7-10(12)13/h3-4,6H,1,5,7-8H2,2H3,(H,12,13)/b6-4-,11-9?. The second-order valence-corrected chi connectivity index (χ2v) is 5.00. The summed E-state index contributed by atoms with van der Waals surface area (Å²) < 4.78 is 0. The molecule has 15 heavy (non-hydrogen) atoms. The molecular weight excluding hydrogens is 230 g/mol. The Morgan fingerprint density at radius 1 is 1.60 bits per heavy atom. The first-order valence-corrected chi connectivity index (χ1v) is 6.79. The third-order valence-electron chi connectivity index (χ3n) is 1.36. The van der Waals surface area contributed by atoms with Crippen molar-refractivity contribution in [1.29, 1.82) is 0 Å². The first kappa shape index (κ1) is 14.3. The molecular formula is C10H15NO2S2. The van der Waals surface area contributed by atoms with Crippen LogP contribution in [0.15, 0.2) is 29.8 Å². The van der Waals surface area contributed by atoms with Gasteiger partial charge in [0, 0.05) is 19.2 Å². The first-order chi connectivity index (χ1) is 7.20. The molecule has 0 amide bonds. The Bertz CT molecular complexity index is 262. The molecule has 3 nitrogen and oxygen atoms in total. The van der Waals surface area contributed by atoms with Crippen LogP contribution in [-0.4, -0.2) is 28.9 Å². The number of carboxylic acids is 1. The number of carbonyl (C=O) groups is 1. The van der Waals surface area contributed by atoms with Crippen molar-refractivity contribution in [3.63, 3.8) is 0 Å². The van der Waals surface area contributed by atoms with Gasteiger partial charge in [-0.25, -0.2) is 0 Å². The van der Waals surface area contributed by atoms with Gasteiger partial charge >= 0.3 is 5.97 Å².